The Morgan fingerprint density at radius 2 is 1.47 bits per heavy atom. The van der Waals surface area contributed by atoms with Gasteiger partial charge in [-0.15, -0.1) is 0 Å². The molecule has 100 valence electrons. The molecule has 0 saturated heterocycles. The molecule has 19 heavy (non-hydrogen) atoms. The first-order chi connectivity index (χ1) is 9.02. The van der Waals surface area contributed by atoms with E-state index in [0.717, 1.165) is 11.1 Å². The molecule has 2 aromatic carbocycles. The molecule has 0 aliphatic rings. The lowest BCUT2D eigenvalue weighted by Crippen LogP contribution is -2.18. The quantitative estimate of drug-likeness (QED) is 0.883. The minimum atomic E-state index is -0.228. The Balaban J connectivity index is 2.43. The summed E-state index contributed by atoms with van der Waals surface area (Å²) in [7, 11) is 1.81. The second kappa shape index (κ2) is 5.49. The Hall–Kier alpha value is -1.74. The maximum absolute atomic E-state index is 13.6. The van der Waals surface area contributed by atoms with E-state index in [1.807, 2.05) is 6.07 Å². The van der Waals surface area contributed by atoms with Crippen molar-refractivity contribution >= 4 is 0 Å². The molecule has 2 aromatic rings. The molecule has 1 N–H and O–H groups in total. The molecule has 0 radical (unpaired) electrons. The van der Waals surface area contributed by atoms with Crippen molar-refractivity contribution in [1.82, 2.24) is 5.32 Å². The van der Waals surface area contributed by atoms with Crippen LogP contribution in [0.1, 0.15) is 28.3 Å². The van der Waals surface area contributed by atoms with E-state index in [9.17, 15) is 8.78 Å². The monoisotopic (exact) mass is 261 g/mol. The largest absolute Gasteiger partial charge is 0.309 e. The van der Waals surface area contributed by atoms with Crippen LogP contribution in [0.5, 0.6) is 0 Å². The summed E-state index contributed by atoms with van der Waals surface area (Å²) in [5, 5.41) is 3.14. The summed E-state index contributed by atoms with van der Waals surface area (Å²) in [5.41, 5.74) is 2.96. The highest BCUT2D eigenvalue weighted by molar-refractivity contribution is 5.36. The normalized spacial score (nSPS) is 12.5. The summed E-state index contributed by atoms with van der Waals surface area (Å²) in [4.78, 5) is 0. The van der Waals surface area contributed by atoms with Crippen molar-refractivity contribution in [3.63, 3.8) is 0 Å². The van der Waals surface area contributed by atoms with Gasteiger partial charge < -0.3 is 5.32 Å². The number of hydrogen-bond donors (Lipinski definition) is 1. The molecular weight excluding hydrogens is 244 g/mol. The van der Waals surface area contributed by atoms with E-state index in [2.05, 4.69) is 5.32 Å². The number of hydrogen-bond acceptors (Lipinski definition) is 1. The van der Waals surface area contributed by atoms with Crippen molar-refractivity contribution < 1.29 is 8.78 Å². The van der Waals surface area contributed by atoms with Crippen LogP contribution in [0.15, 0.2) is 36.4 Å². The zero-order chi connectivity index (χ0) is 14.0. The SMILES string of the molecule is CNC(c1ccc(F)c(C)c1)c1ccc(C)c(F)c1. The number of benzene rings is 2. The van der Waals surface area contributed by atoms with Gasteiger partial charge in [-0.3, -0.25) is 0 Å². The van der Waals surface area contributed by atoms with Crippen LogP contribution in [0.3, 0.4) is 0 Å². The predicted molar refractivity (Wildman–Crippen MR) is 73.2 cm³/mol. The van der Waals surface area contributed by atoms with Crippen LogP contribution in [0.25, 0.3) is 0 Å². The molecule has 0 fully saturated rings. The Morgan fingerprint density at radius 1 is 0.842 bits per heavy atom. The van der Waals surface area contributed by atoms with Crippen molar-refractivity contribution in [2.24, 2.45) is 0 Å². The molecule has 0 saturated carbocycles. The third kappa shape index (κ3) is 2.82. The predicted octanol–water partition coefficient (Wildman–Crippen LogP) is 3.89. The highest BCUT2D eigenvalue weighted by Gasteiger charge is 2.14. The van der Waals surface area contributed by atoms with Gasteiger partial charge in [-0.1, -0.05) is 24.3 Å². The number of rotatable bonds is 3. The van der Waals surface area contributed by atoms with Gasteiger partial charge >= 0.3 is 0 Å². The van der Waals surface area contributed by atoms with Crippen LogP contribution in [0, 0.1) is 25.5 Å². The lowest BCUT2D eigenvalue weighted by molar-refractivity contribution is 0.604. The molecule has 0 aliphatic carbocycles. The fourth-order valence-electron chi connectivity index (χ4n) is 2.16. The fraction of sp³-hybridized carbons (Fsp3) is 0.250. The average molecular weight is 261 g/mol. The van der Waals surface area contributed by atoms with Crippen LogP contribution >= 0.6 is 0 Å². The van der Waals surface area contributed by atoms with Gasteiger partial charge in [0.25, 0.3) is 0 Å². The molecule has 3 heteroatoms. The van der Waals surface area contributed by atoms with Gasteiger partial charge in [0.15, 0.2) is 0 Å². The standard InChI is InChI=1S/C16H17F2N/c1-10-4-5-13(9-15(10)18)16(19-3)12-6-7-14(17)11(2)8-12/h4-9,16,19H,1-3H3. The second-order valence-electron chi connectivity index (χ2n) is 4.74. The van der Waals surface area contributed by atoms with Crippen LogP contribution in [0.2, 0.25) is 0 Å². The van der Waals surface area contributed by atoms with Crippen molar-refractivity contribution in [2.45, 2.75) is 19.9 Å². The molecule has 0 bridgehead atoms. The Kier molecular flexibility index (Phi) is 3.96. The van der Waals surface area contributed by atoms with E-state index >= 15 is 0 Å². The molecule has 0 aromatic heterocycles. The van der Waals surface area contributed by atoms with E-state index in [0.29, 0.717) is 11.1 Å². The maximum atomic E-state index is 13.6. The minimum Gasteiger partial charge on any atom is -0.309 e. The zero-order valence-corrected chi connectivity index (χ0v) is 11.3. The second-order valence-corrected chi connectivity index (χ2v) is 4.74. The van der Waals surface area contributed by atoms with Crippen LogP contribution < -0.4 is 5.32 Å². The Morgan fingerprint density at radius 3 is 2.05 bits per heavy atom. The Bertz CT molecular complexity index is 542. The zero-order valence-electron chi connectivity index (χ0n) is 11.3. The van der Waals surface area contributed by atoms with Crippen LogP contribution in [-0.2, 0) is 0 Å². The van der Waals surface area contributed by atoms with E-state index in [4.69, 9.17) is 0 Å². The van der Waals surface area contributed by atoms with E-state index in [-0.39, 0.29) is 17.7 Å². The van der Waals surface area contributed by atoms with Gasteiger partial charge in [-0.2, -0.15) is 0 Å². The molecule has 1 unspecified atom stereocenters. The number of halogens is 2. The number of aryl methyl sites for hydroxylation is 2. The molecule has 1 atom stereocenters. The van der Waals surface area contributed by atoms with Crippen molar-refractivity contribution in [3.05, 3.63) is 70.3 Å². The van der Waals surface area contributed by atoms with Crippen molar-refractivity contribution in [2.75, 3.05) is 7.05 Å². The minimum absolute atomic E-state index is 0.144. The molecule has 0 amide bonds. The molecule has 1 nitrogen and oxygen atoms in total. The van der Waals surface area contributed by atoms with Crippen LogP contribution in [-0.4, -0.2) is 7.05 Å². The number of nitrogens with one attached hydrogen (secondary N) is 1. The summed E-state index contributed by atoms with van der Waals surface area (Å²) in [6, 6.07) is 9.97. The van der Waals surface area contributed by atoms with Crippen molar-refractivity contribution in [1.29, 1.82) is 0 Å². The van der Waals surface area contributed by atoms with Gasteiger partial charge in [-0.25, -0.2) is 8.78 Å². The summed E-state index contributed by atoms with van der Waals surface area (Å²) < 4.78 is 27.0. The third-order valence-corrected chi connectivity index (χ3v) is 3.33. The lowest BCUT2D eigenvalue weighted by Gasteiger charge is -2.18. The molecular formula is C16H17F2N. The summed E-state index contributed by atoms with van der Waals surface area (Å²) >= 11 is 0. The smallest absolute Gasteiger partial charge is 0.126 e. The summed E-state index contributed by atoms with van der Waals surface area (Å²) in [6.07, 6.45) is 0. The summed E-state index contributed by atoms with van der Waals surface area (Å²) in [5.74, 6) is -0.453. The van der Waals surface area contributed by atoms with E-state index in [1.165, 1.54) is 12.1 Å². The first kappa shape index (κ1) is 13.7. The molecule has 0 aliphatic heterocycles. The molecule has 0 spiro atoms. The Labute approximate surface area is 112 Å². The summed E-state index contributed by atoms with van der Waals surface area (Å²) in [6.45, 7) is 3.46. The lowest BCUT2D eigenvalue weighted by atomic mass is 9.96. The highest BCUT2D eigenvalue weighted by Crippen LogP contribution is 2.24. The molecule has 0 heterocycles. The van der Waals surface area contributed by atoms with Gasteiger partial charge in [0.1, 0.15) is 11.6 Å². The first-order valence-corrected chi connectivity index (χ1v) is 6.22. The third-order valence-electron chi connectivity index (χ3n) is 3.33. The highest BCUT2D eigenvalue weighted by atomic mass is 19.1. The van der Waals surface area contributed by atoms with E-state index in [1.54, 1.807) is 39.1 Å². The van der Waals surface area contributed by atoms with Crippen molar-refractivity contribution in [3.8, 4) is 0 Å². The fourth-order valence-corrected chi connectivity index (χ4v) is 2.16. The van der Waals surface area contributed by atoms with Gasteiger partial charge in [-0.05, 0) is 55.3 Å². The molecule has 2 rings (SSSR count). The van der Waals surface area contributed by atoms with Gasteiger partial charge in [0.2, 0.25) is 0 Å². The first-order valence-electron chi connectivity index (χ1n) is 6.22. The maximum Gasteiger partial charge on any atom is 0.126 e. The van der Waals surface area contributed by atoms with E-state index < -0.39 is 0 Å². The van der Waals surface area contributed by atoms with Gasteiger partial charge in [0.05, 0.1) is 6.04 Å². The van der Waals surface area contributed by atoms with Crippen LogP contribution in [0.4, 0.5) is 8.78 Å². The van der Waals surface area contributed by atoms with Gasteiger partial charge in [0, 0.05) is 0 Å². The topological polar surface area (TPSA) is 12.0 Å². The average Bonchev–Trinajstić information content (AvgIpc) is 2.39.